The number of sulfonamides is 2. The summed E-state index contributed by atoms with van der Waals surface area (Å²) >= 11 is 0. The van der Waals surface area contributed by atoms with Crippen molar-refractivity contribution in [1.82, 2.24) is 8.61 Å². The van der Waals surface area contributed by atoms with E-state index in [0.717, 1.165) is 0 Å². The molecule has 1 heterocycles. The van der Waals surface area contributed by atoms with E-state index in [2.05, 4.69) is 0 Å². The highest BCUT2D eigenvalue weighted by molar-refractivity contribution is 7.89. The molecule has 0 aromatic heterocycles. The normalized spacial score (nSPS) is 22.1. The van der Waals surface area contributed by atoms with E-state index < -0.39 is 31.9 Å². The topological polar surface area (TPSA) is 118 Å². The number of hydrogen-bond donors (Lipinski definition) is 1. The lowest BCUT2D eigenvalue weighted by Crippen LogP contribution is -2.48. The van der Waals surface area contributed by atoms with Crippen molar-refractivity contribution < 1.29 is 21.6 Å². The van der Waals surface area contributed by atoms with Crippen molar-refractivity contribution in [2.24, 2.45) is 11.7 Å². The Labute approximate surface area is 161 Å². The zero-order chi connectivity index (χ0) is 20.4. The second-order valence-electron chi connectivity index (χ2n) is 6.66. The van der Waals surface area contributed by atoms with Crippen LogP contribution in [0.1, 0.15) is 33.6 Å². The number of nitrogens with two attached hydrogens (primary N) is 1. The summed E-state index contributed by atoms with van der Waals surface area (Å²) in [5.74, 6) is -1.03. The molecule has 0 radical (unpaired) electrons. The van der Waals surface area contributed by atoms with Gasteiger partial charge >= 0.3 is 0 Å². The fraction of sp³-hybridized carbons (Fsp3) is 0.588. The molecule has 27 heavy (non-hydrogen) atoms. The molecule has 1 aliphatic rings. The molecular formula is C17H27N3O5S2. The Hall–Kier alpha value is -1.49. The summed E-state index contributed by atoms with van der Waals surface area (Å²) < 4.78 is 53.6. The number of benzene rings is 1. The van der Waals surface area contributed by atoms with Crippen LogP contribution in [0.3, 0.4) is 0 Å². The van der Waals surface area contributed by atoms with Gasteiger partial charge in [-0.25, -0.2) is 16.8 Å². The molecule has 0 saturated carbocycles. The van der Waals surface area contributed by atoms with Crippen molar-refractivity contribution in [3.63, 3.8) is 0 Å². The Kier molecular flexibility index (Phi) is 6.67. The number of rotatable bonds is 7. The molecule has 0 bridgehead atoms. The van der Waals surface area contributed by atoms with Gasteiger partial charge in [-0.3, -0.25) is 4.79 Å². The van der Waals surface area contributed by atoms with Crippen LogP contribution in [0.4, 0.5) is 0 Å². The molecule has 10 heteroatoms. The molecule has 0 aliphatic carbocycles. The fourth-order valence-corrected chi connectivity index (χ4v) is 6.44. The van der Waals surface area contributed by atoms with Crippen LogP contribution < -0.4 is 5.73 Å². The lowest BCUT2D eigenvalue weighted by atomic mass is 9.95. The maximum atomic E-state index is 13.0. The Balaban J connectivity index is 2.33. The second-order valence-corrected chi connectivity index (χ2v) is 10.5. The summed E-state index contributed by atoms with van der Waals surface area (Å²) in [6.07, 6.45) is 1.10. The number of carbonyl (C=O) groups excluding carboxylic acids is 1. The van der Waals surface area contributed by atoms with Gasteiger partial charge in [0.1, 0.15) is 0 Å². The van der Waals surface area contributed by atoms with Crippen LogP contribution in [0.2, 0.25) is 0 Å². The molecule has 1 saturated heterocycles. The SMILES string of the molecule is CCN(CC)S(=O)(=O)c1ccc(S(=O)(=O)N2C[C@H](C(N)=O)CC[C@H]2C)cc1. The molecule has 1 fully saturated rings. The predicted molar refractivity (Wildman–Crippen MR) is 102 cm³/mol. The Morgan fingerprint density at radius 2 is 1.59 bits per heavy atom. The van der Waals surface area contributed by atoms with Crippen LogP contribution in [0.15, 0.2) is 34.1 Å². The third kappa shape index (κ3) is 4.34. The summed E-state index contributed by atoms with van der Waals surface area (Å²) in [4.78, 5) is 11.5. The Morgan fingerprint density at radius 1 is 1.07 bits per heavy atom. The van der Waals surface area contributed by atoms with E-state index in [1.165, 1.54) is 32.9 Å². The largest absolute Gasteiger partial charge is 0.369 e. The molecule has 152 valence electrons. The number of nitrogens with zero attached hydrogens (tertiary/aromatic N) is 2. The molecule has 2 rings (SSSR count). The van der Waals surface area contributed by atoms with Gasteiger partial charge in [0, 0.05) is 25.7 Å². The van der Waals surface area contributed by atoms with Gasteiger partial charge in [-0.2, -0.15) is 8.61 Å². The molecule has 0 unspecified atom stereocenters. The van der Waals surface area contributed by atoms with Crippen LogP contribution in [0, 0.1) is 5.92 Å². The van der Waals surface area contributed by atoms with Gasteiger partial charge in [0.25, 0.3) is 0 Å². The smallest absolute Gasteiger partial charge is 0.243 e. The van der Waals surface area contributed by atoms with Crippen molar-refractivity contribution in [2.45, 2.75) is 49.4 Å². The molecule has 1 aromatic rings. The summed E-state index contributed by atoms with van der Waals surface area (Å²) in [6, 6.07) is 4.95. The van der Waals surface area contributed by atoms with Crippen molar-refractivity contribution in [1.29, 1.82) is 0 Å². The van der Waals surface area contributed by atoms with Crippen LogP contribution in [-0.2, 0) is 24.8 Å². The number of hydrogen-bond acceptors (Lipinski definition) is 5. The fourth-order valence-electron chi connectivity index (χ4n) is 3.27. The monoisotopic (exact) mass is 417 g/mol. The number of amides is 1. The van der Waals surface area contributed by atoms with Crippen LogP contribution in [0.25, 0.3) is 0 Å². The van der Waals surface area contributed by atoms with E-state index in [1.807, 2.05) is 0 Å². The maximum Gasteiger partial charge on any atom is 0.243 e. The summed E-state index contributed by atoms with van der Waals surface area (Å²) in [7, 11) is -7.51. The first-order valence-electron chi connectivity index (χ1n) is 8.97. The van der Waals surface area contributed by atoms with Gasteiger partial charge < -0.3 is 5.73 Å². The van der Waals surface area contributed by atoms with Crippen LogP contribution >= 0.6 is 0 Å². The molecule has 1 amide bonds. The number of primary amides is 1. The lowest BCUT2D eigenvalue weighted by Gasteiger charge is -2.35. The average Bonchev–Trinajstić information content (AvgIpc) is 2.62. The third-order valence-electron chi connectivity index (χ3n) is 5.00. The van der Waals surface area contributed by atoms with Gasteiger partial charge in [0.05, 0.1) is 15.7 Å². The average molecular weight is 418 g/mol. The summed E-state index contributed by atoms with van der Waals surface area (Å²) in [5.41, 5.74) is 5.35. The maximum absolute atomic E-state index is 13.0. The zero-order valence-corrected chi connectivity index (χ0v) is 17.5. The third-order valence-corrected chi connectivity index (χ3v) is 9.06. The van der Waals surface area contributed by atoms with Crippen molar-refractivity contribution in [3.05, 3.63) is 24.3 Å². The van der Waals surface area contributed by atoms with E-state index in [4.69, 9.17) is 5.73 Å². The quantitative estimate of drug-likeness (QED) is 0.710. The Bertz CT molecular complexity index is 878. The minimum Gasteiger partial charge on any atom is -0.369 e. The van der Waals surface area contributed by atoms with Crippen LogP contribution in [-0.4, -0.2) is 57.0 Å². The van der Waals surface area contributed by atoms with Gasteiger partial charge in [-0.05, 0) is 44.0 Å². The highest BCUT2D eigenvalue weighted by Crippen LogP contribution is 2.29. The predicted octanol–water partition coefficient (Wildman–Crippen LogP) is 0.992. The molecule has 2 atom stereocenters. The first-order valence-corrected chi connectivity index (χ1v) is 11.8. The van der Waals surface area contributed by atoms with E-state index in [9.17, 15) is 21.6 Å². The van der Waals surface area contributed by atoms with Gasteiger partial charge in [0.15, 0.2) is 0 Å². The molecule has 0 spiro atoms. The molecule has 8 nitrogen and oxygen atoms in total. The highest BCUT2D eigenvalue weighted by atomic mass is 32.2. The standard InChI is InChI=1S/C17H27N3O5S2/c1-4-19(5-2)26(22,23)15-8-10-16(11-9-15)27(24,25)20-12-14(17(18)21)7-6-13(20)3/h8-11,13-14H,4-7,12H2,1-3H3,(H2,18,21)/t13-,14-/m1/s1. The van der Waals surface area contributed by atoms with Crippen molar-refractivity contribution >= 4 is 26.0 Å². The van der Waals surface area contributed by atoms with Crippen LogP contribution in [0.5, 0.6) is 0 Å². The molecule has 1 aromatic carbocycles. The number of piperidine rings is 1. The zero-order valence-electron chi connectivity index (χ0n) is 15.8. The van der Waals surface area contributed by atoms with Crippen molar-refractivity contribution in [3.8, 4) is 0 Å². The lowest BCUT2D eigenvalue weighted by molar-refractivity contribution is -0.123. The first-order chi connectivity index (χ1) is 12.6. The highest BCUT2D eigenvalue weighted by Gasteiger charge is 2.37. The van der Waals surface area contributed by atoms with Gasteiger partial charge in [-0.15, -0.1) is 0 Å². The number of carbonyl (C=O) groups is 1. The summed E-state index contributed by atoms with van der Waals surface area (Å²) in [5, 5.41) is 0. The Morgan fingerprint density at radius 3 is 2.07 bits per heavy atom. The molecular weight excluding hydrogens is 390 g/mol. The molecule has 1 aliphatic heterocycles. The van der Waals surface area contributed by atoms with E-state index >= 15 is 0 Å². The summed E-state index contributed by atoms with van der Waals surface area (Å²) in [6.45, 7) is 5.98. The van der Waals surface area contributed by atoms with Gasteiger partial charge in [0.2, 0.25) is 26.0 Å². The first kappa shape index (κ1) is 21.8. The van der Waals surface area contributed by atoms with E-state index in [-0.39, 0.29) is 22.4 Å². The second kappa shape index (κ2) is 8.26. The minimum atomic E-state index is -3.85. The van der Waals surface area contributed by atoms with Crippen molar-refractivity contribution in [2.75, 3.05) is 19.6 Å². The van der Waals surface area contributed by atoms with Gasteiger partial charge in [-0.1, -0.05) is 13.8 Å². The molecule has 2 N–H and O–H groups in total. The van der Waals surface area contributed by atoms with E-state index in [0.29, 0.717) is 25.9 Å². The van der Waals surface area contributed by atoms with E-state index in [1.54, 1.807) is 20.8 Å². The minimum absolute atomic E-state index is 0.00188.